The first-order chi connectivity index (χ1) is 10.6. The second-order valence-electron chi connectivity index (χ2n) is 6.92. The van der Waals surface area contributed by atoms with Crippen LogP contribution in [0.3, 0.4) is 0 Å². The zero-order chi connectivity index (χ0) is 17.6. The van der Waals surface area contributed by atoms with Gasteiger partial charge < -0.3 is 10.4 Å². The van der Waals surface area contributed by atoms with E-state index in [1.54, 1.807) is 0 Å². The van der Waals surface area contributed by atoms with Gasteiger partial charge in [0.25, 0.3) is 0 Å². The highest BCUT2D eigenvalue weighted by atomic mass is 32.2. The number of carboxylic acid groups (broad SMARTS) is 1. The fraction of sp³-hybridized carbons (Fsp3) is 0.867. The first-order valence-corrected chi connectivity index (χ1v) is 9.76. The van der Waals surface area contributed by atoms with Gasteiger partial charge in [0.2, 0.25) is 15.9 Å². The van der Waals surface area contributed by atoms with Crippen molar-refractivity contribution >= 4 is 21.9 Å². The third kappa shape index (κ3) is 7.78. The number of sulfonamides is 1. The first kappa shape index (κ1) is 19.9. The smallest absolute Gasteiger partial charge is 0.326 e. The molecular formula is C15H28N2O5S. The van der Waals surface area contributed by atoms with Crippen molar-refractivity contribution < 1.29 is 23.1 Å². The monoisotopic (exact) mass is 348 g/mol. The van der Waals surface area contributed by atoms with Crippen LogP contribution in [0.25, 0.3) is 0 Å². The van der Waals surface area contributed by atoms with Crippen LogP contribution in [0.4, 0.5) is 0 Å². The number of carbonyl (C=O) groups is 2. The number of nitrogens with one attached hydrogen (secondary N) is 2. The summed E-state index contributed by atoms with van der Waals surface area (Å²) in [5.41, 5.74) is 0. The third-order valence-corrected chi connectivity index (χ3v) is 5.36. The Hall–Kier alpha value is -1.15. The molecule has 0 aliphatic heterocycles. The lowest BCUT2D eigenvalue weighted by Crippen LogP contribution is -2.47. The Kier molecular flexibility index (Phi) is 7.47. The zero-order valence-electron chi connectivity index (χ0n) is 14.0. The quantitative estimate of drug-likeness (QED) is 0.608. The van der Waals surface area contributed by atoms with Gasteiger partial charge in [-0.3, -0.25) is 4.79 Å². The molecule has 7 nitrogen and oxygen atoms in total. The minimum Gasteiger partial charge on any atom is -0.480 e. The van der Waals surface area contributed by atoms with Crippen molar-refractivity contribution in [2.24, 2.45) is 11.8 Å². The summed E-state index contributed by atoms with van der Waals surface area (Å²) in [6.07, 6.45) is 3.74. The van der Waals surface area contributed by atoms with Crippen LogP contribution in [0, 0.1) is 11.8 Å². The molecular weight excluding hydrogens is 320 g/mol. The van der Waals surface area contributed by atoms with Gasteiger partial charge in [-0.15, -0.1) is 0 Å². The summed E-state index contributed by atoms with van der Waals surface area (Å²) < 4.78 is 26.6. The van der Waals surface area contributed by atoms with Gasteiger partial charge in [0, 0.05) is 6.04 Å². The van der Waals surface area contributed by atoms with Crippen molar-refractivity contribution in [3.05, 3.63) is 0 Å². The predicted molar refractivity (Wildman–Crippen MR) is 87.4 cm³/mol. The molecule has 0 aromatic carbocycles. The molecule has 0 aromatic heterocycles. The van der Waals surface area contributed by atoms with Crippen molar-refractivity contribution in [2.45, 2.75) is 65.0 Å². The van der Waals surface area contributed by atoms with E-state index in [4.69, 9.17) is 5.11 Å². The highest BCUT2D eigenvalue weighted by molar-refractivity contribution is 7.90. The lowest BCUT2D eigenvalue weighted by molar-refractivity contribution is -0.142. The lowest BCUT2D eigenvalue weighted by Gasteiger charge is -2.26. The zero-order valence-corrected chi connectivity index (χ0v) is 14.9. The van der Waals surface area contributed by atoms with Crippen molar-refractivity contribution in [3.8, 4) is 0 Å². The molecule has 1 rings (SSSR count). The topological polar surface area (TPSA) is 113 Å². The molecule has 1 amide bonds. The molecule has 0 aromatic rings. The summed E-state index contributed by atoms with van der Waals surface area (Å²) in [6.45, 7) is 5.81. The molecule has 134 valence electrons. The average Bonchev–Trinajstić information content (AvgIpc) is 2.39. The molecule has 0 bridgehead atoms. The summed E-state index contributed by atoms with van der Waals surface area (Å²) in [4.78, 5) is 23.0. The molecule has 0 radical (unpaired) electrons. The van der Waals surface area contributed by atoms with Crippen LogP contribution in [-0.4, -0.2) is 43.2 Å². The van der Waals surface area contributed by atoms with Crippen molar-refractivity contribution in [1.82, 2.24) is 10.0 Å². The predicted octanol–water partition coefficient (Wildman–Crippen LogP) is 1.10. The van der Waals surface area contributed by atoms with E-state index in [9.17, 15) is 18.0 Å². The molecule has 0 heterocycles. The standard InChI is InChI=1S/C15H28N2O5S/c1-10(2)8-13(15(19)20)16-14(18)9-23(21,22)17-12-6-4-11(3)5-7-12/h10-13,17H,4-9H2,1-3H3,(H,16,18)(H,19,20)/t11?,12?,13-/m1/s1. The van der Waals surface area contributed by atoms with Gasteiger partial charge in [0.15, 0.2) is 0 Å². The summed E-state index contributed by atoms with van der Waals surface area (Å²) in [5, 5.41) is 11.4. The fourth-order valence-corrected chi connectivity index (χ4v) is 4.03. The van der Waals surface area contributed by atoms with Crippen molar-refractivity contribution in [1.29, 1.82) is 0 Å². The highest BCUT2D eigenvalue weighted by Gasteiger charge is 2.27. The van der Waals surface area contributed by atoms with E-state index in [1.807, 2.05) is 13.8 Å². The van der Waals surface area contributed by atoms with E-state index in [0.717, 1.165) is 25.7 Å². The molecule has 1 saturated carbocycles. The molecule has 0 unspecified atom stereocenters. The number of amides is 1. The molecule has 23 heavy (non-hydrogen) atoms. The maximum Gasteiger partial charge on any atom is 0.326 e. The van der Waals surface area contributed by atoms with Crippen molar-refractivity contribution in [2.75, 3.05) is 5.75 Å². The Morgan fingerprint density at radius 1 is 1.17 bits per heavy atom. The highest BCUT2D eigenvalue weighted by Crippen LogP contribution is 2.23. The second kappa shape index (κ2) is 8.63. The second-order valence-corrected chi connectivity index (χ2v) is 8.68. The number of aliphatic carboxylic acids is 1. The number of carbonyl (C=O) groups excluding carboxylic acids is 1. The minimum absolute atomic E-state index is 0.0790. The van der Waals surface area contributed by atoms with Crippen molar-refractivity contribution in [3.63, 3.8) is 0 Å². The van der Waals surface area contributed by atoms with Gasteiger partial charge in [-0.2, -0.15) is 0 Å². The van der Waals surface area contributed by atoms with E-state index in [2.05, 4.69) is 17.0 Å². The van der Waals surface area contributed by atoms with Gasteiger partial charge in [-0.25, -0.2) is 17.9 Å². The SMILES string of the molecule is CC(C)C[C@@H](NC(=O)CS(=O)(=O)NC1CCC(C)CC1)C(=O)O. The first-order valence-electron chi connectivity index (χ1n) is 8.11. The molecule has 1 aliphatic carbocycles. The van der Waals surface area contributed by atoms with Crippen LogP contribution in [0.2, 0.25) is 0 Å². The van der Waals surface area contributed by atoms with Crippen LogP contribution in [0.15, 0.2) is 0 Å². The Bertz CT molecular complexity index is 510. The van der Waals surface area contributed by atoms with Crippen LogP contribution in [-0.2, 0) is 19.6 Å². The Morgan fingerprint density at radius 2 is 1.74 bits per heavy atom. The molecule has 0 spiro atoms. The van der Waals surface area contributed by atoms with E-state index >= 15 is 0 Å². The number of carboxylic acids is 1. The van der Waals surface area contributed by atoms with Gasteiger partial charge in [-0.1, -0.05) is 20.8 Å². The molecule has 1 atom stereocenters. The fourth-order valence-electron chi connectivity index (χ4n) is 2.77. The molecule has 1 aliphatic rings. The van der Waals surface area contributed by atoms with Crippen LogP contribution < -0.4 is 10.0 Å². The van der Waals surface area contributed by atoms with E-state index in [1.165, 1.54) is 0 Å². The summed E-state index contributed by atoms with van der Waals surface area (Å²) >= 11 is 0. The molecule has 8 heteroatoms. The van der Waals surface area contributed by atoms with Gasteiger partial charge >= 0.3 is 5.97 Å². The average molecular weight is 348 g/mol. The van der Waals surface area contributed by atoms with Crippen LogP contribution in [0.5, 0.6) is 0 Å². The Balaban J connectivity index is 2.52. The van der Waals surface area contributed by atoms with E-state index < -0.39 is 33.7 Å². The number of rotatable bonds is 8. The Morgan fingerprint density at radius 3 is 2.22 bits per heavy atom. The maximum absolute atomic E-state index is 12.0. The van der Waals surface area contributed by atoms with Crippen LogP contribution >= 0.6 is 0 Å². The summed E-state index contributed by atoms with van der Waals surface area (Å²) in [6, 6.07) is -1.19. The molecule has 0 saturated heterocycles. The number of hydrogen-bond donors (Lipinski definition) is 3. The van der Waals surface area contributed by atoms with Gasteiger partial charge in [0.1, 0.15) is 11.8 Å². The largest absolute Gasteiger partial charge is 0.480 e. The summed E-state index contributed by atoms with van der Waals surface area (Å²) in [5.74, 6) is -1.99. The third-order valence-electron chi connectivity index (χ3n) is 4.02. The molecule has 3 N–H and O–H groups in total. The normalized spacial score (nSPS) is 23.5. The maximum atomic E-state index is 12.0. The lowest BCUT2D eigenvalue weighted by atomic mass is 9.88. The Labute approximate surface area is 138 Å². The molecule has 1 fully saturated rings. The van der Waals surface area contributed by atoms with Gasteiger partial charge in [0.05, 0.1) is 0 Å². The minimum atomic E-state index is -3.75. The van der Waals surface area contributed by atoms with E-state index in [-0.39, 0.29) is 18.4 Å². The van der Waals surface area contributed by atoms with E-state index in [0.29, 0.717) is 5.92 Å². The van der Waals surface area contributed by atoms with Crippen LogP contribution in [0.1, 0.15) is 52.9 Å². The van der Waals surface area contributed by atoms with Gasteiger partial charge in [-0.05, 0) is 43.9 Å². The number of hydrogen-bond acceptors (Lipinski definition) is 4. The summed E-state index contributed by atoms with van der Waals surface area (Å²) in [7, 11) is -3.75.